The molecule has 4 heteroatoms. The van der Waals surface area contributed by atoms with E-state index in [4.69, 9.17) is 10.4 Å². The first-order valence-corrected chi connectivity index (χ1v) is 8.21. The average Bonchev–Trinajstić information content (AvgIpc) is 2.50. The molecule has 4 nitrogen and oxygen atoms in total. The van der Waals surface area contributed by atoms with Gasteiger partial charge in [0, 0.05) is 6.42 Å². The van der Waals surface area contributed by atoms with Crippen LogP contribution in [0.5, 0.6) is 0 Å². The zero-order chi connectivity index (χ0) is 16.5. The van der Waals surface area contributed by atoms with Crippen molar-refractivity contribution in [3.63, 3.8) is 0 Å². The molecule has 0 aliphatic heterocycles. The molecule has 0 aliphatic rings. The fraction of sp³-hybridized carbons (Fsp3) is 0.611. The van der Waals surface area contributed by atoms with Crippen molar-refractivity contribution in [3.8, 4) is 0 Å². The van der Waals surface area contributed by atoms with Gasteiger partial charge in [0.2, 0.25) is 0 Å². The van der Waals surface area contributed by atoms with E-state index in [2.05, 4.69) is 17.9 Å². The van der Waals surface area contributed by atoms with E-state index in [0.717, 1.165) is 19.3 Å². The summed E-state index contributed by atoms with van der Waals surface area (Å²) < 4.78 is 0. The first kappa shape index (κ1) is 20.6. The second kappa shape index (κ2) is 16.0. The summed E-state index contributed by atoms with van der Waals surface area (Å²) in [6, 6.07) is 0. The lowest BCUT2D eigenvalue weighted by Gasteiger charge is -2.04. The zero-order valence-electron chi connectivity index (χ0n) is 13.6. The summed E-state index contributed by atoms with van der Waals surface area (Å²) in [6.07, 6.45) is 19.5. The highest BCUT2D eigenvalue weighted by Gasteiger charge is 2.00. The number of unbranched alkanes of at least 4 members (excludes halogenated alkanes) is 5. The van der Waals surface area contributed by atoms with Crippen LogP contribution >= 0.6 is 0 Å². The fourth-order valence-corrected chi connectivity index (χ4v) is 1.92. The standard InChI is InChI=1S/C18H30O4/c1-2-3-4-5-8-11-14-17(22-21)15-12-9-6-7-10-13-16-18(19)20/h6,8-9,11-12,15,17,21H,2-5,7,10,13-14,16H2,1H3,(H,19,20)/t17-/m0/s1. The number of carboxylic acids is 1. The SMILES string of the molecule is CCCCCC=CC[C@@H](C=CC=CCCCCC(=O)O)OO. The van der Waals surface area contributed by atoms with E-state index >= 15 is 0 Å². The van der Waals surface area contributed by atoms with Gasteiger partial charge in [-0.2, -0.15) is 0 Å². The van der Waals surface area contributed by atoms with E-state index in [1.807, 2.05) is 30.4 Å². The Hall–Kier alpha value is -1.39. The predicted molar refractivity (Wildman–Crippen MR) is 89.8 cm³/mol. The van der Waals surface area contributed by atoms with Crippen LogP contribution in [0.3, 0.4) is 0 Å². The molecule has 0 bridgehead atoms. The number of carbonyl (C=O) groups is 1. The molecule has 0 rings (SSSR count). The maximum atomic E-state index is 10.3. The van der Waals surface area contributed by atoms with Crippen LogP contribution in [0.1, 0.15) is 64.7 Å². The summed E-state index contributed by atoms with van der Waals surface area (Å²) >= 11 is 0. The molecule has 0 saturated carbocycles. The van der Waals surface area contributed by atoms with Gasteiger partial charge in [-0.1, -0.05) is 56.2 Å². The van der Waals surface area contributed by atoms with Crippen LogP contribution in [0, 0.1) is 0 Å². The van der Waals surface area contributed by atoms with Gasteiger partial charge in [-0.15, -0.1) is 0 Å². The van der Waals surface area contributed by atoms with Gasteiger partial charge in [0.25, 0.3) is 0 Å². The van der Waals surface area contributed by atoms with Crippen LogP contribution in [0.2, 0.25) is 0 Å². The van der Waals surface area contributed by atoms with Gasteiger partial charge >= 0.3 is 5.97 Å². The molecule has 2 N–H and O–H groups in total. The molecular formula is C18H30O4. The molecule has 0 aromatic rings. The summed E-state index contributed by atoms with van der Waals surface area (Å²) in [5.74, 6) is -0.741. The quantitative estimate of drug-likeness (QED) is 0.153. The number of allylic oxidation sites excluding steroid dienone is 4. The van der Waals surface area contributed by atoms with Gasteiger partial charge in [0.15, 0.2) is 0 Å². The molecular weight excluding hydrogens is 280 g/mol. The lowest BCUT2D eigenvalue weighted by molar-refractivity contribution is -0.264. The maximum absolute atomic E-state index is 10.3. The van der Waals surface area contributed by atoms with Crippen molar-refractivity contribution in [2.75, 3.05) is 0 Å². The lowest BCUT2D eigenvalue weighted by atomic mass is 10.1. The summed E-state index contributed by atoms with van der Waals surface area (Å²) in [4.78, 5) is 14.7. The Morgan fingerprint density at radius 3 is 2.45 bits per heavy atom. The Morgan fingerprint density at radius 2 is 1.77 bits per heavy atom. The summed E-state index contributed by atoms with van der Waals surface area (Å²) in [5.41, 5.74) is 0. The molecule has 0 fully saturated rings. The molecule has 0 heterocycles. The molecule has 0 radical (unpaired) electrons. The molecule has 1 atom stereocenters. The number of rotatable bonds is 14. The van der Waals surface area contributed by atoms with Crippen molar-refractivity contribution in [1.29, 1.82) is 0 Å². The van der Waals surface area contributed by atoms with Crippen LogP contribution in [0.15, 0.2) is 36.5 Å². The van der Waals surface area contributed by atoms with Crippen molar-refractivity contribution < 1.29 is 20.0 Å². The molecule has 0 spiro atoms. The second-order valence-electron chi connectivity index (χ2n) is 5.30. The number of hydrogen-bond donors (Lipinski definition) is 2. The van der Waals surface area contributed by atoms with Crippen molar-refractivity contribution in [3.05, 3.63) is 36.5 Å². The largest absolute Gasteiger partial charge is 0.481 e. The van der Waals surface area contributed by atoms with Crippen molar-refractivity contribution >= 4 is 5.97 Å². The van der Waals surface area contributed by atoms with E-state index in [1.54, 1.807) is 0 Å². The summed E-state index contributed by atoms with van der Waals surface area (Å²) in [6.45, 7) is 2.18. The molecule has 0 unspecified atom stereocenters. The van der Waals surface area contributed by atoms with Crippen LogP contribution in [0.25, 0.3) is 0 Å². The minimum Gasteiger partial charge on any atom is -0.481 e. The van der Waals surface area contributed by atoms with Crippen LogP contribution in [-0.4, -0.2) is 22.4 Å². The molecule has 126 valence electrons. The third-order valence-electron chi connectivity index (χ3n) is 3.23. The van der Waals surface area contributed by atoms with Gasteiger partial charge in [0.05, 0.1) is 0 Å². The van der Waals surface area contributed by atoms with Gasteiger partial charge in [-0.25, -0.2) is 4.89 Å². The van der Waals surface area contributed by atoms with Crippen LogP contribution < -0.4 is 0 Å². The van der Waals surface area contributed by atoms with Crippen LogP contribution in [0.4, 0.5) is 0 Å². The molecule has 0 aromatic carbocycles. The summed E-state index contributed by atoms with van der Waals surface area (Å²) in [5, 5.41) is 17.3. The lowest BCUT2D eigenvalue weighted by Crippen LogP contribution is -2.04. The molecule has 0 aliphatic carbocycles. The topological polar surface area (TPSA) is 66.8 Å². The average molecular weight is 310 g/mol. The molecule has 0 aromatic heterocycles. The number of aliphatic carboxylic acids is 1. The highest BCUT2D eigenvalue weighted by atomic mass is 17.1. The Kier molecular flexibility index (Phi) is 15.0. The van der Waals surface area contributed by atoms with Crippen LogP contribution in [-0.2, 0) is 9.68 Å². The zero-order valence-corrected chi connectivity index (χ0v) is 13.6. The summed E-state index contributed by atoms with van der Waals surface area (Å²) in [7, 11) is 0. The molecule has 0 saturated heterocycles. The van der Waals surface area contributed by atoms with E-state index in [1.165, 1.54) is 19.3 Å². The van der Waals surface area contributed by atoms with Gasteiger partial charge in [-0.05, 0) is 38.5 Å². The minimum atomic E-state index is -0.741. The highest BCUT2D eigenvalue weighted by Crippen LogP contribution is 2.05. The first-order chi connectivity index (χ1) is 10.7. The highest BCUT2D eigenvalue weighted by molar-refractivity contribution is 5.66. The van der Waals surface area contributed by atoms with E-state index in [-0.39, 0.29) is 12.5 Å². The van der Waals surface area contributed by atoms with E-state index < -0.39 is 5.97 Å². The smallest absolute Gasteiger partial charge is 0.303 e. The maximum Gasteiger partial charge on any atom is 0.303 e. The van der Waals surface area contributed by atoms with E-state index in [9.17, 15) is 4.79 Å². The first-order valence-electron chi connectivity index (χ1n) is 8.21. The van der Waals surface area contributed by atoms with Gasteiger partial charge in [-0.3, -0.25) is 10.1 Å². The Labute approximate surface area is 134 Å². The Bertz CT molecular complexity index is 345. The molecule has 0 amide bonds. The molecule has 22 heavy (non-hydrogen) atoms. The number of hydrogen-bond acceptors (Lipinski definition) is 3. The Balaban J connectivity index is 3.74. The van der Waals surface area contributed by atoms with E-state index in [0.29, 0.717) is 12.8 Å². The van der Waals surface area contributed by atoms with Crippen molar-refractivity contribution in [2.24, 2.45) is 0 Å². The fourth-order valence-electron chi connectivity index (χ4n) is 1.92. The van der Waals surface area contributed by atoms with Crippen molar-refractivity contribution in [2.45, 2.75) is 70.8 Å². The third kappa shape index (κ3) is 15.0. The second-order valence-corrected chi connectivity index (χ2v) is 5.30. The van der Waals surface area contributed by atoms with Gasteiger partial charge < -0.3 is 5.11 Å². The van der Waals surface area contributed by atoms with Gasteiger partial charge in [0.1, 0.15) is 6.10 Å². The monoisotopic (exact) mass is 310 g/mol. The number of carboxylic acid groups (broad SMARTS) is 1. The Morgan fingerprint density at radius 1 is 1.05 bits per heavy atom. The third-order valence-corrected chi connectivity index (χ3v) is 3.23. The normalized spacial score (nSPS) is 13.5. The predicted octanol–water partition coefficient (Wildman–Crippen LogP) is 5.13. The van der Waals surface area contributed by atoms with Crippen molar-refractivity contribution in [1.82, 2.24) is 0 Å². The minimum absolute atomic E-state index is 0.231.